The third-order valence-corrected chi connectivity index (χ3v) is 5.38. The van der Waals surface area contributed by atoms with E-state index in [0.717, 1.165) is 30.0 Å². The van der Waals surface area contributed by atoms with E-state index < -0.39 is 0 Å². The lowest BCUT2D eigenvalue weighted by Gasteiger charge is -2.36. The highest BCUT2D eigenvalue weighted by atomic mass is 32.1. The van der Waals surface area contributed by atoms with Gasteiger partial charge >= 0.3 is 0 Å². The molecule has 26 heavy (non-hydrogen) atoms. The van der Waals surface area contributed by atoms with Gasteiger partial charge in [0.05, 0.1) is 11.2 Å². The second-order valence-corrected chi connectivity index (χ2v) is 7.01. The zero-order valence-corrected chi connectivity index (χ0v) is 15.0. The average molecular weight is 367 g/mol. The summed E-state index contributed by atoms with van der Waals surface area (Å²) in [6, 6.07) is 16.3. The van der Waals surface area contributed by atoms with Gasteiger partial charge in [0, 0.05) is 37.4 Å². The fraction of sp³-hybridized carbons (Fsp3) is 0.200. The third kappa shape index (κ3) is 3.32. The number of rotatable bonds is 3. The van der Waals surface area contributed by atoms with E-state index in [4.69, 9.17) is 0 Å². The molecule has 0 N–H and O–H groups in total. The largest absolute Gasteiger partial charge is 0.368 e. The molecule has 2 aromatic carbocycles. The first-order valence-corrected chi connectivity index (χ1v) is 9.39. The van der Waals surface area contributed by atoms with Gasteiger partial charge in [-0.2, -0.15) is 0 Å². The number of carbonyl (C=O) groups excluding carboxylic acids is 1. The van der Waals surface area contributed by atoms with Crippen LogP contribution in [0.15, 0.2) is 60.1 Å². The number of nitrogens with zero attached hydrogens (tertiary/aromatic N) is 3. The third-order valence-electron chi connectivity index (χ3n) is 4.57. The van der Waals surface area contributed by atoms with Gasteiger partial charge in [-0.05, 0) is 24.3 Å². The highest BCUT2D eigenvalue weighted by molar-refractivity contribution is 7.12. The van der Waals surface area contributed by atoms with Crippen molar-refractivity contribution in [3.63, 3.8) is 0 Å². The number of carbonyl (C=O) groups is 1. The highest BCUT2D eigenvalue weighted by Gasteiger charge is 2.26. The van der Waals surface area contributed by atoms with Crippen LogP contribution in [-0.2, 0) is 0 Å². The van der Waals surface area contributed by atoms with Crippen LogP contribution in [0.2, 0.25) is 0 Å². The van der Waals surface area contributed by atoms with Crippen molar-refractivity contribution in [2.45, 2.75) is 0 Å². The number of piperazine rings is 1. The fourth-order valence-electron chi connectivity index (χ4n) is 3.16. The summed E-state index contributed by atoms with van der Waals surface area (Å²) in [4.78, 5) is 22.1. The first kappa shape index (κ1) is 16.7. The van der Waals surface area contributed by atoms with Crippen LogP contribution in [0.3, 0.4) is 0 Å². The monoisotopic (exact) mass is 367 g/mol. The number of hydrogen-bond donors (Lipinski definition) is 0. The van der Waals surface area contributed by atoms with Gasteiger partial charge in [0.2, 0.25) is 0 Å². The van der Waals surface area contributed by atoms with Crippen LogP contribution in [-0.4, -0.2) is 42.0 Å². The standard InChI is InChI=1S/C20H18FN3OS/c21-16-6-8-17(9-7-16)23-10-12-24(13-11-23)20(25)19-18(22-14-26-19)15-4-2-1-3-5-15/h1-9,14H,10-13H2. The van der Waals surface area contributed by atoms with Gasteiger partial charge in [-0.1, -0.05) is 30.3 Å². The van der Waals surface area contributed by atoms with Gasteiger partial charge < -0.3 is 9.80 Å². The molecule has 0 aliphatic carbocycles. The van der Waals surface area contributed by atoms with Crippen LogP contribution in [0, 0.1) is 5.82 Å². The number of thiazole rings is 1. The number of amides is 1. The molecule has 3 aromatic rings. The Morgan fingerprint density at radius 2 is 1.65 bits per heavy atom. The summed E-state index contributed by atoms with van der Waals surface area (Å²) in [7, 11) is 0. The van der Waals surface area contributed by atoms with Crippen LogP contribution < -0.4 is 4.90 Å². The first-order valence-electron chi connectivity index (χ1n) is 8.51. The van der Waals surface area contributed by atoms with E-state index in [2.05, 4.69) is 9.88 Å². The van der Waals surface area contributed by atoms with Crippen LogP contribution in [0.1, 0.15) is 9.67 Å². The molecule has 1 amide bonds. The molecule has 0 atom stereocenters. The van der Waals surface area contributed by atoms with Crippen molar-refractivity contribution in [3.05, 3.63) is 70.8 Å². The molecule has 4 rings (SSSR count). The number of benzene rings is 2. The van der Waals surface area contributed by atoms with E-state index in [1.165, 1.54) is 23.5 Å². The van der Waals surface area contributed by atoms with E-state index in [1.807, 2.05) is 35.2 Å². The summed E-state index contributed by atoms with van der Waals surface area (Å²) in [6.45, 7) is 2.75. The molecule has 1 fully saturated rings. The SMILES string of the molecule is O=C(c1scnc1-c1ccccc1)N1CCN(c2ccc(F)cc2)CC1. The molecule has 6 heteroatoms. The number of halogens is 1. The minimum absolute atomic E-state index is 0.0325. The van der Waals surface area contributed by atoms with E-state index in [-0.39, 0.29) is 11.7 Å². The predicted octanol–water partition coefficient (Wildman–Crippen LogP) is 3.91. The van der Waals surface area contributed by atoms with Crippen LogP contribution in [0.5, 0.6) is 0 Å². The second-order valence-electron chi connectivity index (χ2n) is 6.15. The molecular formula is C20H18FN3OS. The Bertz CT molecular complexity index is 887. The van der Waals surface area contributed by atoms with Gasteiger partial charge in [-0.25, -0.2) is 9.37 Å². The molecule has 0 radical (unpaired) electrons. The van der Waals surface area contributed by atoms with E-state index in [0.29, 0.717) is 18.0 Å². The Hall–Kier alpha value is -2.73. The Balaban J connectivity index is 1.46. The molecule has 0 bridgehead atoms. The van der Waals surface area contributed by atoms with Crippen molar-refractivity contribution >= 4 is 22.9 Å². The fourth-order valence-corrected chi connectivity index (χ4v) is 3.94. The molecule has 0 saturated carbocycles. The second kappa shape index (κ2) is 7.25. The molecular weight excluding hydrogens is 349 g/mol. The van der Waals surface area contributed by atoms with Crippen LogP contribution in [0.25, 0.3) is 11.3 Å². The predicted molar refractivity (Wildman–Crippen MR) is 102 cm³/mol. The molecule has 0 spiro atoms. The highest BCUT2D eigenvalue weighted by Crippen LogP contribution is 2.27. The van der Waals surface area contributed by atoms with Gasteiger partial charge in [0.25, 0.3) is 5.91 Å². The van der Waals surface area contributed by atoms with Crippen molar-refractivity contribution in [2.75, 3.05) is 31.1 Å². The van der Waals surface area contributed by atoms with Gasteiger partial charge in [0.15, 0.2) is 0 Å². The Kier molecular flexibility index (Phi) is 4.67. The lowest BCUT2D eigenvalue weighted by molar-refractivity contribution is 0.0752. The molecule has 132 valence electrons. The Morgan fingerprint density at radius 3 is 2.35 bits per heavy atom. The van der Waals surface area contributed by atoms with Gasteiger partial charge in [-0.15, -0.1) is 11.3 Å². The maximum absolute atomic E-state index is 13.1. The van der Waals surface area contributed by atoms with Gasteiger partial charge in [0.1, 0.15) is 10.7 Å². The molecule has 1 aliphatic rings. The Labute approximate surface area is 155 Å². The van der Waals surface area contributed by atoms with E-state index >= 15 is 0 Å². The van der Waals surface area contributed by atoms with Crippen molar-refractivity contribution in [1.29, 1.82) is 0 Å². The average Bonchev–Trinajstić information content (AvgIpc) is 3.19. The van der Waals surface area contributed by atoms with E-state index in [1.54, 1.807) is 17.6 Å². The zero-order valence-electron chi connectivity index (χ0n) is 14.1. The summed E-state index contributed by atoms with van der Waals surface area (Å²) in [5, 5.41) is 0. The van der Waals surface area contributed by atoms with Crippen LogP contribution in [0.4, 0.5) is 10.1 Å². The normalized spacial score (nSPS) is 14.5. The lowest BCUT2D eigenvalue weighted by atomic mass is 10.1. The smallest absolute Gasteiger partial charge is 0.266 e. The minimum Gasteiger partial charge on any atom is -0.368 e. The molecule has 2 heterocycles. The molecule has 1 aliphatic heterocycles. The topological polar surface area (TPSA) is 36.4 Å². The van der Waals surface area contributed by atoms with E-state index in [9.17, 15) is 9.18 Å². The summed E-state index contributed by atoms with van der Waals surface area (Å²) in [5.74, 6) is -0.202. The minimum atomic E-state index is -0.235. The number of hydrogen-bond acceptors (Lipinski definition) is 4. The quantitative estimate of drug-likeness (QED) is 0.704. The van der Waals surface area contributed by atoms with Crippen molar-refractivity contribution in [1.82, 2.24) is 9.88 Å². The van der Waals surface area contributed by atoms with Crippen molar-refractivity contribution in [2.24, 2.45) is 0 Å². The van der Waals surface area contributed by atoms with Gasteiger partial charge in [-0.3, -0.25) is 4.79 Å². The summed E-state index contributed by atoms with van der Waals surface area (Å²) in [6.07, 6.45) is 0. The lowest BCUT2D eigenvalue weighted by Crippen LogP contribution is -2.48. The number of aromatic nitrogens is 1. The van der Waals surface area contributed by atoms with Crippen molar-refractivity contribution in [3.8, 4) is 11.3 Å². The summed E-state index contributed by atoms with van der Waals surface area (Å²) in [5.41, 5.74) is 4.43. The van der Waals surface area contributed by atoms with Crippen molar-refractivity contribution < 1.29 is 9.18 Å². The maximum Gasteiger partial charge on any atom is 0.266 e. The summed E-state index contributed by atoms with van der Waals surface area (Å²) < 4.78 is 13.1. The maximum atomic E-state index is 13.1. The molecule has 1 saturated heterocycles. The zero-order chi connectivity index (χ0) is 17.9. The molecule has 1 aromatic heterocycles. The molecule has 0 unspecified atom stereocenters. The first-order chi connectivity index (χ1) is 12.7. The van der Waals surface area contributed by atoms with Crippen LogP contribution >= 0.6 is 11.3 Å². The Morgan fingerprint density at radius 1 is 0.962 bits per heavy atom. The molecule has 4 nitrogen and oxygen atoms in total. The summed E-state index contributed by atoms with van der Waals surface area (Å²) >= 11 is 1.39. The number of anilines is 1.